The van der Waals surface area contributed by atoms with Crippen molar-refractivity contribution in [2.24, 2.45) is 0 Å². The lowest BCUT2D eigenvalue weighted by Crippen LogP contribution is -2.33. The second kappa shape index (κ2) is 6.16. The molecule has 4 heteroatoms. The Labute approximate surface area is 119 Å². The van der Waals surface area contributed by atoms with E-state index in [0.29, 0.717) is 5.56 Å². The van der Waals surface area contributed by atoms with Gasteiger partial charge in [-0.1, -0.05) is 28.1 Å². The second-order valence-corrected chi connectivity index (χ2v) is 6.12. The second-order valence-electron chi connectivity index (χ2n) is 4.17. The van der Waals surface area contributed by atoms with E-state index in [-0.39, 0.29) is 11.9 Å². The van der Waals surface area contributed by atoms with Crippen LogP contribution in [0.1, 0.15) is 22.2 Å². The summed E-state index contributed by atoms with van der Waals surface area (Å²) in [6.45, 7) is 2.02. The first-order valence-electron chi connectivity index (χ1n) is 5.74. The molecular weight excluding hydrogens is 310 g/mol. The molecule has 0 saturated heterocycles. The highest BCUT2D eigenvalue weighted by atomic mass is 79.9. The van der Waals surface area contributed by atoms with Crippen LogP contribution in [0.25, 0.3) is 0 Å². The summed E-state index contributed by atoms with van der Waals surface area (Å²) in [6, 6.07) is 11.7. The van der Waals surface area contributed by atoms with Gasteiger partial charge in [-0.05, 0) is 36.6 Å². The first-order chi connectivity index (χ1) is 8.65. The van der Waals surface area contributed by atoms with Crippen molar-refractivity contribution in [1.82, 2.24) is 5.32 Å². The van der Waals surface area contributed by atoms with Crippen molar-refractivity contribution in [3.63, 3.8) is 0 Å². The van der Waals surface area contributed by atoms with E-state index in [1.807, 2.05) is 37.3 Å². The fourth-order valence-electron chi connectivity index (χ4n) is 1.72. The van der Waals surface area contributed by atoms with Crippen LogP contribution in [0.5, 0.6) is 0 Å². The molecule has 1 heterocycles. The Bertz CT molecular complexity index is 524. The summed E-state index contributed by atoms with van der Waals surface area (Å²) in [7, 11) is 0. The molecule has 1 atom stereocenters. The van der Waals surface area contributed by atoms with E-state index in [9.17, 15) is 4.79 Å². The normalized spacial score (nSPS) is 12.1. The molecule has 1 aromatic carbocycles. The number of rotatable bonds is 4. The number of hydrogen-bond donors (Lipinski definition) is 1. The van der Waals surface area contributed by atoms with Crippen LogP contribution >= 0.6 is 27.3 Å². The number of benzene rings is 1. The zero-order valence-electron chi connectivity index (χ0n) is 10.0. The van der Waals surface area contributed by atoms with Crippen molar-refractivity contribution in [3.05, 3.63) is 56.7 Å². The number of nitrogens with one attached hydrogen (secondary N) is 1. The molecule has 0 aliphatic heterocycles. The summed E-state index contributed by atoms with van der Waals surface area (Å²) < 4.78 is 0.918. The van der Waals surface area contributed by atoms with Gasteiger partial charge in [0.15, 0.2) is 0 Å². The molecule has 1 N–H and O–H groups in total. The van der Waals surface area contributed by atoms with E-state index in [4.69, 9.17) is 0 Å². The van der Waals surface area contributed by atoms with E-state index in [1.54, 1.807) is 11.3 Å². The van der Waals surface area contributed by atoms with E-state index in [2.05, 4.69) is 32.7 Å². The topological polar surface area (TPSA) is 29.1 Å². The Hall–Kier alpha value is -1.13. The van der Waals surface area contributed by atoms with Crippen LogP contribution < -0.4 is 5.32 Å². The maximum atomic E-state index is 12.0. The molecule has 0 unspecified atom stereocenters. The van der Waals surface area contributed by atoms with Crippen LogP contribution in [0.3, 0.4) is 0 Å². The fraction of sp³-hybridized carbons (Fsp3) is 0.214. The Kier molecular flexibility index (Phi) is 4.55. The summed E-state index contributed by atoms with van der Waals surface area (Å²) in [5.74, 6) is -0.0274. The van der Waals surface area contributed by atoms with E-state index >= 15 is 0 Å². The number of carbonyl (C=O) groups excluding carboxylic acids is 1. The lowest BCUT2D eigenvalue weighted by atomic mass is 10.1. The molecule has 0 fully saturated rings. The first-order valence-corrected chi connectivity index (χ1v) is 7.41. The van der Waals surface area contributed by atoms with Gasteiger partial charge in [0.05, 0.1) is 0 Å². The van der Waals surface area contributed by atoms with E-state index in [1.165, 1.54) is 4.88 Å². The standard InChI is InChI=1S/C14H14BrNOS/c1-10(8-13-6-3-7-18-13)16-14(17)11-4-2-5-12(15)9-11/h2-7,9-10H,8H2,1H3,(H,16,17)/t10-/m0/s1. The molecule has 0 bridgehead atoms. The molecule has 94 valence electrons. The molecule has 1 aromatic heterocycles. The zero-order chi connectivity index (χ0) is 13.0. The van der Waals surface area contributed by atoms with Crippen LogP contribution in [0.15, 0.2) is 46.3 Å². The smallest absolute Gasteiger partial charge is 0.251 e. The van der Waals surface area contributed by atoms with Gasteiger partial charge in [-0.2, -0.15) is 0 Å². The summed E-state index contributed by atoms with van der Waals surface area (Å²) in [4.78, 5) is 13.3. The lowest BCUT2D eigenvalue weighted by Gasteiger charge is -2.13. The minimum absolute atomic E-state index is 0.0274. The molecule has 0 spiro atoms. The maximum absolute atomic E-state index is 12.0. The first kappa shape index (κ1) is 13.3. The quantitative estimate of drug-likeness (QED) is 0.909. The Balaban J connectivity index is 1.95. The van der Waals surface area contributed by atoms with Crippen LogP contribution in [0, 0.1) is 0 Å². The van der Waals surface area contributed by atoms with Gasteiger partial charge in [0, 0.05) is 27.4 Å². The molecule has 0 aliphatic carbocycles. The summed E-state index contributed by atoms with van der Waals surface area (Å²) in [5, 5.41) is 5.06. The number of carbonyl (C=O) groups is 1. The molecule has 1 amide bonds. The molecule has 0 aliphatic rings. The van der Waals surface area contributed by atoms with Crippen molar-refractivity contribution in [3.8, 4) is 0 Å². The third kappa shape index (κ3) is 3.68. The lowest BCUT2D eigenvalue weighted by molar-refractivity contribution is 0.0940. The van der Waals surface area contributed by atoms with Crippen LogP contribution in [0.2, 0.25) is 0 Å². The molecule has 18 heavy (non-hydrogen) atoms. The average Bonchev–Trinajstić information content (AvgIpc) is 2.81. The van der Waals surface area contributed by atoms with E-state index < -0.39 is 0 Å². The highest BCUT2D eigenvalue weighted by molar-refractivity contribution is 9.10. The number of thiophene rings is 1. The molecule has 2 aromatic rings. The Morgan fingerprint density at radius 3 is 2.89 bits per heavy atom. The molecule has 0 radical (unpaired) electrons. The average molecular weight is 324 g/mol. The van der Waals surface area contributed by atoms with Crippen molar-refractivity contribution in [1.29, 1.82) is 0 Å². The van der Waals surface area contributed by atoms with Crippen molar-refractivity contribution < 1.29 is 4.79 Å². The molecule has 2 nitrogen and oxygen atoms in total. The van der Waals surface area contributed by atoms with Gasteiger partial charge in [-0.15, -0.1) is 11.3 Å². The number of halogens is 1. The van der Waals surface area contributed by atoms with Gasteiger partial charge < -0.3 is 5.32 Å². The summed E-state index contributed by atoms with van der Waals surface area (Å²) >= 11 is 5.08. The van der Waals surface area contributed by atoms with Crippen LogP contribution in [0.4, 0.5) is 0 Å². The summed E-state index contributed by atoms with van der Waals surface area (Å²) in [6.07, 6.45) is 0.872. The monoisotopic (exact) mass is 323 g/mol. The third-order valence-corrected chi connectivity index (χ3v) is 3.94. The molecular formula is C14H14BrNOS. The van der Waals surface area contributed by atoms with E-state index in [0.717, 1.165) is 10.9 Å². The maximum Gasteiger partial charge on any atom is 0.251 e. The van der Waals surface area contributed by atoms with Crippen molar-refractivity contribution >= 4 is 33.2 Å². The SMILES string of the molecule is C[C@@H](Cc1cccs1)NC(=O)c1cccc(Br)c1. The van der Waals surface area contributed by atoms with Gasteiger partial charge in [0.2, 0.25) is 0 Å². The van der Waals surface area contributed by atoms with Crippen LogP contribution in [-0.4, -0.2) is 11.9 Å². The summed E-state index contributed by atoms with van der Waals surface area (Å²) in [5.41, 5.74) is 0.683. The Morgan fingerprint density at radius 2 is 2.22 bits per heavy atom. The largest absolute Gasteiger partial charge is 0.349 e. The van der Waals surface area contributed by atoms with Crippen molar-refractivity contribution in [2.75, 3.05) is 0 Å². The number of hydrogen-bond acceptors (Lipinski definition) is 2. The fourth-order valence-corrected chi connectivity index (χ4v) is 2.95. The predicted molar refractivity (Wildman–Crippen MR) is 79.1 cm³/mol. The number of amides is 1. The predicted octanol–water partition coefficient (Wildman–Crippen LogP) is 3.87. The highest BCUT2D eigenvalue weighted by Crippen LogP contribution is 2.13. The van der Waals surface area contributed by atoms with Crippen LogP contribution in [-0.2, 0) is 6.42 Å². The third-order valence-electron chi connectivity index (χ3n) is 2.55. The minimum Gasteiger partial charge on any atom is -0.349 e. The highest BCUT2D eigenvalue weighted by Gasteiger charge is 2.10. The van der Waals surface area contributed by atoms with Gasteiger partial charge in [0.1, 0.15) is 0 Å². The molecule has 0 saturated carbocycles. The Morgan fingerprint density at radius 1 is 1.39 bits per heavy atom. The van der Waals surface area contributed by atoms with Gasteiger partial charge in [-0.3, -0.25) is 4.79 Å². The van der Waals surface area contributed by atoms with Gasteiger partial charge in [0.25, 0.3) is 5.91 Å². The van der Waals surface area contributed by atoms with Gasteiger partial charge in [-0.25, -0.2) is 0 Å². The van der Waals surface area contributed by atoms with Crippen molar-refractivity contribution in [2.45, 2.75) is 19.4 Å². The zero-order valence-corrected chi connectivity index (χ0v) is 12.4. The van der Waals surface area contributed by atoms with Gasteiger partial charge >= 0.3 is 0 Å². The molecule has 2 rings (SSSR count). The minimum atomic E-state index is -0.0274.